The van der Waals surface area contributed by atoms with Crippen LogP contribution in [-0.2, 0) is 17.8 Å². The molecule has 1 saturated heterocycles. The Bertz CT molecular complexity index is 1110. The zero-order valence-corrected chi connectivity index (χ0v) is 20.8. The Morgan fingerprint density at radius 2 is 1.79 bits per heavy atom. The lowest BCUT2D eigenvalue weighted by Gasteiger charge is -2.34. The van der Waals surface area contributed by atoms with E-state index in [1.54, 1.807) is 20.5 Å². The predicted molar refractivity (Wildman–Crippen MR) is 133 cm³/mol. The molecule has 2 aromatic carbocycles. The first-order valence-electron chi connectivity index (χ1n) is 11.4. The van der Waals surface area contributed by atoms with E-state index in [1.807, 2.05) is 33.7 Å². The number of thioether (sulfide) groups is 1. The minimum Gasteiger partial charge on any atom is -0.493 e. The number of aromatic nitrogens is 3. The molecule has 0 spiro atoms. The van der Waals surface area contributed by atoms with Crippen LogP contribution >= 0.6 is 11.8 Å². The standard InChI is InChI=1S/C25H31N5O3S/c1-4-20-7-5-6-8-21(20)30-18-26-27-25(30)34-17-24(31)29-13-11-28(12-14-29)16-19-9-10-22(32-2)23(15-19)33-3/h5-10,15,18H,4,11-14,16-17H2,1-3H3. The van der Waals surface area contributed by atoms with E-state index in [4.69, 9.17) is 9.47 Å². The lowest BCUT2D eigenvalue weighted by atomic mass is 10.1. The summed E-state index contributed by atoms with van der Waals surface area (Å²) in [7, 11) is 3.29. The number of carbonyl (C=O) groups excluding carboxylic acids is 1. The second-order valence-electron chi connectivity index (χ2n) is 8.10. The lowest BCUT2D eigenvalue weighted by molar-refractivity contribution is -0.130. The highest BCUT2D eigenvalue weighted by Gasteiger charge is 2.22. The average Bonchev–Trinajstić information content (AvgIpc) is 3.36. The second kappa shape index (κ2) is 11.4. The average molecular weight is 482 g/mol. The number of piperazine rings is 1. The van der Waals surface area contributed by atoms with Crippen LogP contribution in [0.5, 0.6) is 11.5 Å². The van der Waals surface area contributed by atoms with Crippen molar-refractivity contribution < 1.29 is 14.3 Å². The summed E-state index contributed by atoms with van der Waals surface area (Å²) in [5, 5.41) is 9.07. The minimum absolute atomic E-state index is 0.133. The van der Waals surface area contributed by atoms with E-state index in [1.165, 1.54) is 22.9 Å². The van der Waals surface area contributed by atoms with Gasteiger partial charge in [0.1, 0.15) is 6.33 Å². The van der Waals surface area contributed by atoms with Crippen LogP contribution < -0.4 is 9.47 Å². The van der Waals surface area contributed by atoms with Gasteiger partial charge >= 0.3 is 0 Å². The van der Waals surface area contributed by atoms with Gasteiger partial charge < -0.3 is 14.4 Å². The second-order valence-corrected chi connectivity index (χ2v) is 9.04. The first kappa shape index (κ1) is 24.1. The molecule has 1 aliphatic rings. The number of carbonyl (C=O) groups is 1. The molecule has 0 atom stereocenters. The van der Waals surface area contributed by atoms with E-state index in [-0.39, 0.29) is 5.91 Å². The monoisotopic (exact) mass is 481 g/mol. The molecular weight excluding hydrogens is 450 g/mol. The molecule has 1 fully saturated rings. The van der Waals surface area contributed by atoms with Gasteiger partial charge in [-0.2, -0.15) is 0 Å². The molecule has 2 heterocycles. The zero-order chi connectivity index (χ0) is 23.9. The molecule has 0 radical (unpaired) electrons. The Morgan fingerprint density at radius 3 is 2.53 bits per heavy atom. The van der Waals surface area contributed by atoms with Gasteiger partial charge in [0.15, 0.2) is 16.7 Å². The number of hydrogen-bond donors (Lipinski definition) is 0. The van der Waals surface area contributed by atoms with Gasteiger partial charge in [-0.1, -0.05) is 43.0 Å². The minimum atomic E-state index is 0.133. The van der Waals surface area contributed by atoms with E-state index in [0.29, 0.717) is 5.75 Å². The smallest absolute Gasteiger partial charge is 0.233 e. The van der Waals surface area contributed by atoms with Crippen LogP contribution in [0.2, 0.25) is 0 Å². The van der Waals surface area contributed by atoms with Crippen LogP contribution in [0, 0.1) is 0 Å². The van der Waals surface area contributed by atoms with Crippen LogP contribution in [0.25, 0.3) is 5.69 Å². The number of amides is 1. The normalized spacial score (nSPS) is 14.3. The van der Waals surface area contributed by atoms with Crippen LogP contribution in [0.15, 0.2) is 53.9 Å². The summed E-state index contributed by atoms with van der Waals surface area (Å²) in [6.07, 6.45) is 2.64. The molecular formula is C25H31N5O3S. The van der Waals surface area contributed by atoms with Crippen molar-refractivity contribution in [3.63, 3.8) is 0 Å². The largest absolute Gasteiger partial charge is 0.493 e. The van der Waals surface area contributed by atoms with Crippen molar-refractivity contribution in [1.29, 1.82) is 0 Å². The van der Waals surface area contributed by atoms with Gasteiger partial charge in [0, 0.05) is 32.7 Å². The molecule has 34 heavy (non-hydrogen) atoms. The van der Waals surface area contributed by atoms with Crippen molar-refractivity contribution in [3.05, 3.63) is 59.9 Å². The van der Waals surface area contributed by atoms with Crippen molar-refractivity contribution in [1.82, 2.24) is 24.6 Å². The fourth-order valence-corrected chi connectivity index (χ4v) is 4.97. The van der Waals surface area contributed by atoms with Crippen LogP contribution in [0.4, 0.5) is 0 Å². The summed E-state index contributed by atoms with van der Waals surface area (Å²) in [6, 6.07) is 14.2. The Morgan fingerprint density at radius 1 is 1.03 bits per heavy atom. The highest BCUT2D eigenvalue weighted by Crippen LogP contribution is 2.28. The van der Waals surface area contributed by atoms with Gasteiger partial charge in [0.25, 0.3) is 0 Å². The van der Waals surface area contributed by atoms with E-state index < -0.39 is 0 Å². The Balaban J connectivity index is 1.29. The van der Waals surface area contributed by atoms with Crippen LogP contribution in [0.1, 0.15) is 18.1 Å². The predicted octanol–water partition coefficient (Wildman–Crippen LogP) is 3.28. The maximum Gasteiger partial charge on any atom is 0.233 e. The third-order valence-electron chi connectivity index (χ3n) is 6.05. The van der Waals surface area contributed by atoms with Crippen LogP contribution in [0.3, 0.4) is 0 Å². The molecule has 0 N–H and O–H groups in total. The molecule has 1 aliphatic heterocycles. The van der Waals surface area contributed by atoms with Crippen molar-refractivity contribution in [2.24, 2.45) is 0 Å². The maximum absolute atomic E-state index is 12.9. The topological polar surface area (TPSA) is 72.7 Å². The number of benzene rings is 2. The van der Waals surface area contributed by atoms with Gasteiger partial charge in [-0.25, -0.2) is 0 Å². The van der Waals surface area contributed by atoms with Crippen molar-refractivity contribution in [2.45, 2.75) is 25.0 Å². The first-order valence-corrected chi connectivity index (χ1v) is 12.4. The van der Waals surface area contributed by atoms with Crippen molar-refractivity contribution in [2.75, 3.05) is 46.2 Å². The maximum atomic E-state index is 12.9. The number of hydrogen-bond acceptors (Lipinski definition) is 7. The highest BCUT2D eigenvalue weighted by molar-refractivity contribution is 7.99. The molecule has 4 rings (SSSR count). The summed E-state index contributed by atoms with van der Waals surface area (Å²) in [4.78, 5) is 17.2. The Hall–Kier alpha value is -3.04. The molecule has 3 aromatic rings. The summed E-state index contributed by atoms with van der Waals surface area (Å²) in [6.45, 7) is 6.06. The lowest BCUT2D eigenvalue weighted by Crippen LogP contribution is -2.48. The fraction of sp³-hybridized carbons (Fsp3) is 0.400. The zero-order valence-electron chi connectivity index (χ0n) is 19.9. The number of para-hydroxylation sites is 1. The van der Waals surface area contributed by atoms with E-state index >= 15 is 0 Å². The van der Waals surface area contributed by atoms with Crippen molar-refractivity contribution in [3.8, 4) is 17.2 Å². The van der Waals surface area contributed by atoms with Gasteiger partial charge in [-0.3, -0.25) is 14.3 Å². The van der Waals surface area contributed by atoms with Gasteiger partial charge in [-0.05, 0) is 35.7 Å². The Labute approximate surface area is 204 Å². The number of rotatable bonds is 9. The first-order chi connectivity index (χ1) is 16.6. The number of methoxy groups -OCH3 is 2. The third-order valence-corrected chi connectivity index (χ3v) is 6.98. The molecule has 8 nitrogen and oxygen atoms in total. The number of aryl methyl sites for hydroxylation is 1. The highest BCUT2D eigenvalue weighted by atomic mass is 32.2. The van der Waals surface area contributed by atoms with E-state index in [0.717, 1.165) is 61.5 Å². The molecule has 9 heteroatoms. The Kier molecular flexibility index (Phi) is 8.08. The van der Waals surface area contributed by atoms with Crippen LogP contribution in [-0.4, -0.2) is 76.6 Å². The van der Waals surface area contributed by atoms with Gasteiger partial charge in [-0.15, -0.1) is 10.2 Å². The number of ether oxygens (including phenoxy) is 2. The third kappa shape index (κ3) is 5.53. The van der Waals surface area contributed by atoms with E-state index in [2.05, 4.69) is 40.2 Å². The molecule has 0 unspecified atom stereocenters. The summed E-state index contributed by atoms with van der Waals surface area (Å²) in [5.41, 5.74) is 3.45. The molecule has 1 aromatic heterocycles. The quantitative estimate of drug-likeness (QED) is 0.434. The van der Waals surface area contributed by atoms with Gasteiger partial charge in [0.05, 0.1) is 25.7 Å². The fourth-order valence-electron chi connectivity index (χ4n) is 4.14. The SMILES string of the molecule is CCc1ccccc1-n1cnnc1SCC(=O)N1CCN(Cc2ccc(OC)c(OC)c2)CC1. The van der Waals surface area contributed by atoms with Gasteiger partial charge in [0.2, 0.25) is 5.91 Å². The summed E-state index contributed by atoms with van der Waals surface area (Å²) in [5.74, 6) is 1.95. The summed E-state index contributed by atoms with van der Waals surface area (Å²) >= 11 is 1.44. The van der Waals surface area contributed by atoms with E-state index in [9.17, 15) is 4.79 Å². The molecule has 0 bridgehead atoms. The molecule has 1 amide bonds. The number of nitrogens with zero attached hydrogens (tertiary/aromatic N) is 5. The van der Waals surface area contributed by atoms with Crippen molar-refractivity contribution >= 4 is 17.7 Å². The molecule has 0 saturated carbocycles. The molecule has 180 valence electrons. The summed E-state index contributed by atoms with van der Waals surface area (Å²) < 4.78 is 12.7. The molecule has 0 aliphatic carbocycles.